The molecule has 2 saturated heterocycles. The maximum Gasteiger partial charge on any atom is 0.263 e. The number of aromatic nitrogens is 5. The van der Waals surface area contributed by atoms with Crippen molar-refractivity contribution in [3.05, 3.63) is 69.2 Å². The van der Waals surface area contributed by atoms with Crippen molar-refractivity contribution in [1.82, 2.24) is 29.2 Å². The van der Waals surface area contributed by atoms with Crippen LogP contribution in [0.1, 0.15) is 30.5 Å². The molecule has 3 aromatic heterocycles. The van der Waals surface area contributed by atoms with Gasteiger partial charge >= 0.3 is 0 Å². The van der Waals surface area contributed by atoms with Gasteiger partial charge < -0.3 is 14.5 Å². The van der Waals surface area contributed by atoms with Gasteiger partial charge in [0, 0.05) is 68.6 Å². The molecular weight excluding hydrogens is 525 g/mol. The Labute approximate surface area is 228 Å². The molecule has 2 aliphatic heterocycles. The zero-order valence-electron chi connectivity index (χ0n) is 21.8. The highest BCUT2D eigenvalue weighted by molar-refractivity contribution is 6.30. The van der Waals surface area contributed by atoms with Crippen molar-refractivity contribution in [2.75, 3.05) is 37.7 Å². The summed E-state index contributed by atoms with van der Waals surface area (Å²) in [4.78, 5) is 38.1. The largest absolute Gasteiger partial charge is 0.370 e. The van der Waals surface area contributed by atoms with E-state index in [0.29, 0.717) is 49.9 Å². The summed E-state index contributed by atoms with van der Waals surface area (Å²) < 4.78 is 24.5. The van der Waals surface area contributed by atoms with E-state index in [9.17, 15) is 9.59 Å². The van der Waals surface area contributed by atoms with Crippen molar-refractivity contribution in [2.24, 2.45) is 7.05 Å². The summed E-state index contributed by atoms with van der Waals surface area (Å²) in [7, 11) is 1.63. The molecule has 0 unspecified atom stereocenters. The van der Waals surface area contributed by atoms with Crippen LogP contribution in [0.2, 0.25) is 5.02 Å². The number of hydrogen-bond donors (Lipinski definition) is 0. The number of amides is 1. The highest BCUT2D eigenvalue weighted by atomic mass is 35.5. The van der Waals surface area contributed by atoms with Gasteiger partial charge in [0.25, 0.3) is 5.56 Å². The molecule has 12 heteroatoms. The third-order valence-electron chi connectivity index (χ3n) is 7.52. The monoisotopic (exact) mass is 551 g/mol. The van der Waals surface area contributed by atoms with Crippen LogP contribution in [-0.2, 0) is 16.6 Å². The average Bonchev–Trinajstić information content (AvgIpc) is 3.35. The van der Waals surface area contributed by atoms with Gasteiger partial charge in [-0.1, -0.05) is 11.6 Å². The van der Waals surface area contributed by atoms with Gasteiger partial charge in [-0.15, -0.1) is 0 Å². The lowest BCUT2D eigenvalue weighted by Gasteiger charge is -2.38. The fraction of sp³-hybridized carbons (Fsp3) is 0.370. The summed E-state index contributed by atoms with van der Waals surface area (Å²) >= 11 is 6.00. The van der Waals surface area contributed by atoms with E-state index in [2.05, 4.69) is 15.0 Å². The maximum atomic E-state index is 15.1. The molecule has 2 fully saturated rings. The number of aryl methyl sites for hydroxylation is 1. The van der Waals surface area contributed by atoms with Gasteiger partial charge in [0.15, 0.2) is 0 Å². The highest BCUT2D eigenvalue weighted by Crippen LogP contribution is 2.33. The number of pyridine rings is 1. The normalized spacial score (nSPS) is 18.0. The second-order valence-electron chi connectivity index (χ2n) is 10.0. The lowest BCUT2D eigenvalue weighted by molar-refractivity contribution is -0.134. The zero-order chi connectivity index (χ0) is 27.4. The Bertz CT molecular complexity index is 1660. The van der Waals surface area contributed by atoms with E-state index in [1.807, 2.05) is 10.9 Å². The first-order chi connectivity index (χ1) is 18.7. The molecule has 4 aromatic rings. The molecule has 1 aromatic carbocycles. The number of fused-ring (bicyclic) bond motifs is 1. The van der Waals surface area contributed by atoms with E-state index in [-0.39, 0.29) is 45.3 Å². The van der Waals surface area contributed by atoms with Crippen LogP contribution in [0.3, 0.4) is 0 Å². The predicted octanol–water partition coefficient (Wildman–Crippen LogP) is 3.27. The molecule has 202 valence electrons. The van der Waals surface area contributed by atoms with Gasteiger partial charge in [0.1, 0.15) is 23.6 Å². The van der Waals surface area contributed by atoms with Crippen LogP contribution in [0, 0.1) is 12.7 Å². The van der Waals surface area contributed by atoms with Crippen LogP contribution in [0.15, 0.2) is 41.5 Å². The molecule has 6 rings (SSSR count). The van der Waals surface area contributed by atoms with Crippen LogP contribution in [0.5, 0.6) is 0 Å². The van der Waals surface area contributed by atoms with Gasteiger partial charge in [-0.25, -0.2) is 14.4 Å². The first-order valence-electron chi connectivity index (χ1n) is 12.7. The molecule has 10 nitrogen and oxygen atoms in total. The Hall–Kier alpha value is -3.83. The zero-order valence-corrected chi connectivity index (χ0v) is 22.5. The predicted molar refractivity (Wildman–Crippen MR) is 144 cm³/mol. The van der Waals surface area contributed by atoms with Crippen molar-refractivity contribution in [3.8, 4) is 11.3 Å². The molecule has 0 aliphatic carbocycles. The number of halogens is 2. The number of nitrogens with zero attached hydrogens (tertiary/aromatic N) is 7. The molecule has 0 N–H and O–H groups in total. The minimum atomic E-state index is -0.567. The van der Waals surface area contributed by atoms with Crippen molar-refractivity contribution < 1.29 is 13.9 Å². The van der Waals surface area contributed by atoms with Crippen LogP contribution < -0.4 is 10.5 Å². The van der Waals surface area contributed by atoms with Crippen LogP contribution in [0.4, 0.5) is 10.2 Å². The Morgan fingerprint density at radius 1 is 1.18 bits per heavy atom. The van der Waals surface area contributed by atoms with Crippen molar-refractivity contribution in [3.63, 3.8) is 0 Å². The van der Waals surface area contributed by atoms with E-state index >= 15 is 4.39 Å². The second kappa shape index (κ2) is 9.73. The lowest BCUT2D eigenvalue weighted by Crippen LogP contribution is -2.50. The summed E-state index contributed by atoms with van der Waals surface area (Å²) in [6, 6.07) is 6.25. The Kier molecular flexibility index (Phi) is 6.35. The fourth-order valence-electron chi connectivity index (χ4n) is 5.08. The molecule has 0 radical (unpaired) electrons. The van der Waals surface area contributed by atoms with Crippen molar-refractivity contribution >= 4 is 34.2 Å². The first kappa shape index (κ1) is 25.4. The molecule has 39 heavy (non-hydrogen) atoms. The molecule has 0 saturated carbocycles. The summed E-state index contributed by atoms with van der Waals surface area (Å²) in [6.45, 7) is 6.11. The summed E-state index contributed by atoms with van der Waals surface area (Å²) in [6.07, 6.45) is 3.50. The number of hydrogen-bond acceptors (Lipinski definition) is 7. The number of benzene rings is 1. The number of morpholine rings is 1. The number of likely N-dealkylation sites (tertiary alicyclic amines) is 1. The summed E-state index contributed by atoms with van der Waals surface area (Å²) in [5.74, 6) is 0.610. The minimum Gasteiger partial charge on any atom is -0.370 e. The van der Waals surface area contributed by atoms with E-state index < -0.39 is 5.82 Å². The second-order valence-corrected chi connectivity index (χ2v) is 10.4. The molecule has 2 aliphatic rings. The smallest absolute Gasteiger partial charge is 0.263 e. The van der Waals surface area contributed by atoms with Gasteiger partial charge in [-0.3, -0.25) is 18.8 Å². The summed E-state index contributed by atoms with van der Waals surface area (Å²) in [5.41, 5.74) is 1.47. The van der Waals surface area contributed by atoms with E-state index in [1.54, 1.807) is 44.1 Å². The standard InChI is InChI=1S/C27H27ClFN7O3/c1-15-31-22-9-24(32-26(25(22)27(38)33(15)3)20-5-4-18(28)8-21(20)29)34-6-7-39-23(14-34)17-10-30-36(11-17)19-12-35(13-19)16(2)37/h4-5,8-11,19,23H,6-7,12-14H2,1-3H3/t23-/m1/s1. The van der Waals surface area contributed by atoms with E-state index in [1.165, 1.54) is 16.7 Å². The maximum absolute atomic E-state index is 15.1. The number of rotatable bonds is 4. The van der Waals surface area contributed by atoms with Gasteiger partial charge in [0.2, 0.25) is 5.91 Å². The van der Waals surface area contributed by atoms with Crippen LogP contribution in [-0.4, -0.2) is 67.9 Å². The number of anilines is 1. The van der Waals surface area contributed by atoms with Gasteiger partial charge in [-0.2, -0.15) is 5.10 Å². The SMILES string of the molecule is CC(=O)N1CC(n2cc([C@H]3CN(c4cc5nc(C)n(C)c(=O)c5c(-c5ccc(Cl)cc5F)n4)CCO3)cn2)C1. The minimum absolute atomic E-state index is 0.0631. The summed E-state index contributed by atoms with van der Waals surface area (Å²) in [5, 5.41) is 5.01. The molecule has 0 spiro atoms. The number of carbonyl (C=O) groups excluding carboxylic acids is 1. The van der Waals surface area contributed by atoms with Crippen molar-refractivity contribution in [1.29, 1.82) is 0 Å². The quantitative estimate of drug-likeness (QED) is 0.384. The highest BCUT2D eigenvalue weighted by Gasteiger charge is 2.32. The molecule has 1 atom stereocenters. The molecule has 0 bridgehead atoms. The molecular formula is C27H27ClFN7O3. The van der Waals surface area contributed by atoms with Gasteiger partial charge in [-0.05, 0) is 25.1 Å². The van der Waals surface area contributed by atoms with Crippen molar-refractivity contribution in [2.45, 2.75) is 26.0 Å². The van der Waals surface area contributed by atoms with Crippen LogP contribution >= 0.6 is 11.6 Å². The van der Waals surface area contributed by atoms with E-state index in [4.69, 9.17) is 21.3 Å². The Balaban J connectivity index is 1.35. The third kappa shape index (κ3) is 4.55. The Morgan fingerprint density at radius 2 is 1.97 bits per heavy atom. The van der Waals surface area contributed by atoms with Gasteiger partial charge in [0.05, 0.1) is 35.4 Å². The fourth-order valence-corrected chi connectivity index (χ4v) is 5.24. The Morgan fingerprint density at radius 3 is 2.72 bits per heavy atom. The third-order valence-corrected chi connectivity index (χ3v) is 7.76. The lowest BCUT2D eigenvalue weighted by atomic mass is 10.1. The number of ether oxygens (including phenoxy) is 1. The first-order valence-corrected chi connectivity index (χ1v) is 13.1. The van der Waals surface area contributed by atoms with Crippen LogP contribution in [0.25, 0.3) is 22.2 Å². The average molecular weight is 552 g/mol. The van der Waals surface area contributed by atoms with E-state index in [0.717, 1.165) is 5.56 Å². The molecule has 5 heterocycles. The topological polar surface area (TPSA) is 98.4 Å². The molecule has 1 amide bonds. The number of carbonyl (C=O) groups is 1.